The Morgan fingerprint density at radius 1 is 1.10 bits per heavy atom. The van der Waals surface area contributed by atoms with Crippen LogP contribution in [0.15, 0.2) is 0 Å². The van der Waals surface area contributed by atoms with Crippen LogP contribution in [0.3, 0.4) is 0 Å². The lowest BCUT2D eigenvalue weighted by Crippen LogP contribution is -2.54. The SMILES string of the molecule is CCN(CC)C(=O)N1CCN(C(=O)CC2CCNC2)CC1. The van der Waals surface area contributed by atoms with Gasteiger partial charge in [-0.2, -0.15) is 0 Å². The highest BCUT2D eigenvalue weighted by Gasteiger charge is 2.27. The Labute approximate surface area is 127 Å². The summed E-state index contributed by atoms with van der Waals surface area (Å²) < 4.78 is 0. The van der Waals surface area contributed by atoms with Crippen LogP contribution in [-0.4, -0.2) is 79.0 Å². The maximum Gasteiger partial charge on any atom is 0.320 e. The van der Waals surface area contributed by atoms with E-state index in [9.17, 15) is 9.59 Å². The van der Waals surface area contributed by atoms with Gasteiger partial charge in [0.25, 0.3) is 0 Å². The number of carbonyl (C=O) groups is 2. The first-order valence-corrected chi connectivity index (χ1v) is 8.18. The van der Waals surface area contributed by atoms with Gasteiger partial charge in [0.15, 0.2) is 0 Å². The second kappa shape index (κ2) is 7.64. The average Bonchev–Trinajstić information content (AvgIpc) is 3.01. The maximum absolute atomic E-state index is 12.3. The monoisotopic (exact) mass is 296 g/mol. The van der Waals surface area contributed by atoms with Gasteiger partial charge in [-0.1, -0.05) is 0 Å². The van der Waals surface area contributed by atoms with Gasteiger partial charge in [-0.05, 0) is 39.3 Å². The molecule has 3 amide bonds. The number of hydrogen-bond acceptors (Lipinski definition) is 3. The van der Waals surface area contributed by atoms with E-state index in [0.29, 0.717) is 38.5 Å². The molecule has 2 fully saturated rings. The molecule has 21 heavy (non-hydrogen) atoms. The topological polar surface area (TPSA) is 55.9 Å². The molecule has 2 aliphatic heterocycles. The molecule has 2 rings (SSSR count). The zero-order valence-corrected chi connectivity index (χ0v) is 13.3. The molecule has 0 aromatic carbocycles. The largest absolute Gasteiger partial charge is 0.339 e. The van der Waals surface area contributed by atoms with Gasteiger partial charge in [-0.25, -0.2) is 4.79 Å². The van der Waals surface area contributed by atoms with Crippen LogP contribution in [-0.2, 0) is 4.79 Å². The highest BCUT2D eigenvalue weighted by molar-refractivity contribution is 5.78. The van der Waals surface area contributed by atoms with Crippen LogP contribution in [0.5, 0.6) is 0 Å². The van der Waals surface area contributed by atoms with Gasteiger partial charge in [0.2, 0.25) is 5.91 Å². The van der Waals surface area contributed by atoms with E-state index in [0.717, 1.165) is 32.6 Å². The average molecular weight is 296 g/mol. The molecule has 0 radical (unpaired) electrons. The van der Waals surface area contributed by atoms with E-state index in [1.807, 2.05) is 28.5 Å². The Balaban J connectivity index is 1.77. The molecule has 2 saturated heterocycles. The molecule has 0 aliphatic carbocycles. The van der Waals surface area contributed by atoms with E-state index in [1.54, 1.807) is 0 Å². The van der Waals surface area contributed by atoms with Gasteiger partial charge < -0.3 is 20.0 Å². The predicted octanol–water partition coefficient (Wildman–Crippen LogP) is 0.592. The summed E-state index contributed by atoms with van der Waals surface area (Å²) in [7, 11) is 0. The third-order valence-electron chi connectivity index (χ3n) is 4.56. The Morgan fingerprint density at radius 3 is 2.24 bits per heavy atom. The molecule has 6 heteroatoms. The Kier molecular flexibility index (Phi) is 5.85. The van der Waals surface area contributed by atoms with E-state index in [2.05, 4.69) is 5.32 Å². The van der Waals surface area contributed by atoms with Gasteiger partial charge in [-0.3, -0.25) is 4.79 Å². The van der Waals surface area contributed by atoms with Crippen LogP contribution >= 0.6 is 0 Å². The molecule has 120 valence electrons. The van der Waals surface area contributed by atoms with Crippen molar-refractivity contribution in [1.82, 2.24) is 20.0 Å². The molecule has 0 aromatic heterocycles. The lowest BCUT2D eigenvalue weighted by Gasteiger charge is -2.37. The van der Waals surface area contributed by atoms with Crippen molar-refractivity contribution in [3.63, 3.8) is 0 Å². The summed E-state index contributed by atoms with van der Waals surface area (Å²) in [5.41, 5.74) is 0. The van der Waals surface area contributed by atoms with Gasteiger partial charge >= 0.3 is 6.03 Å². The van der Waals surface area contributed by atoms with Crippen LogP contribution in [0, 0.1) is 5.92 Å². The lowest BCUT2D eigenvalue weighted by atomic mass is 10.0. The van der Waals surface area contributed by atoms with Crippen LogP contribution in [0.1, 0.15) is 26.7 Å². The van der Waals surface area contributed by atoms with E-state index in [-0.39, 0.29) is 11.9 Å². The number of nitrogens with one attached hydrogen (secondary N) is 1. The van der Waals surface area contributed by atoms with Crippen LogP contribution in [0.25, 0.3) is 0 Å². The third kappa shape index (κ3) is 4.09. The van der Waals surface area contributed by atoms with Crippen LogP contribution < -0.4 is 5.32 Å². The molecule has 0 aromatic rings. The molecule has 0 spiro atoms. The number of carbonyl (C=O) groups excluding carboxylic acids is 2. The van der Waals surface area contributed by atoms with Gasteiger partial charge in [0.05, 0.1) is 0 Å². The van der Waals surface area contributed by atoms with Crippen molar-refractivity contribution in [1.29, 1.82) is 0 Å². The predicted molar refractivity (Wildman–Crippen MR) is 82.1 cm³/mol. The van der Waals surface area contributed by atoms with Crippen molar-refractivity contribution >= 4 is 11.9 Å². The minimum Gasteiger partial charge on any atom is -0.339 e. The lowest BCUT2D eigenvalue weighted by molar-refractivity contribution is -0.133. The maximum atomic E-state index is 12.3. The molecule has 6 nitrogen and oxygen atoms in total. The first-order valence-electron chi connectivity index (χ1n) is 8.18. The van der Waals surface area contributed by atoms with E-state index < -0.39 is 0 Å². The van der Waals surface area contributed by atoms with Crippen molar-refractivity contribution in [3.05, 3.63) is 0 Å². The van der Waals surface area contributed by atoms with E-state index in [1.165, 1.54) is 0 Å². The normalized spacial score (nSPS) is 22.5. The van der Waals surface area contributed by atoms with Crippen molar-refractivity contribution in [2.75, 3.05) is 52.4 Å². The summed E-state index contributed by atoms with van der Waals surface area (Å²) >= 11 is 0. The molecule has 0 saturated carbocycles. The van der Waals surface area contributed by atoms with Crippen molar-refractivity contribution in [3.8, 4) is 0 Å². The fourth-order valence-electron chi connectivity index (χ4n) is 3.11. The summed E-state index contributed by atoms with van der Waals surface area (Å²) in [4.78, 5) is 30.1. The number of hydrogen-bond donors (Lipinski definition) is 1. The summed E-state index contributed by atoms with van der Waals surface area (Å²) in [6.45, 7) is 10.1. The third-order valence-corrected chi connectivity index (χ3v) is 4.56. The quantitative estimate of drug-likeness (QED) is 0.826. The minimum atomic E-state index is 0.104. The van der Waals surface area contributed by atoms with Gasteiger partial charge in [0, 0.05) is 45.7 Å². The molecule has 1 N–H and O–H groups in total. The Bertz CT molecular complexity index is 357. The Morgan fingerprint density at radius 2 is 1.71 bits per heavy atom. The number of nitrogens with zero attached hydrogens (tertiary/aromatic N) is 3. The fraction of sp³-hybridized carbons (Fsp3) is 0.867. The van der Waals surface area contributed by atoms with Crippen molar-refractivity contribution in [2.45, 2.75) is 26.7 Å². The second-order valence-corrected chi connectivity index (χ2v) is 5.89. The molecular weight excluding hydrogens is 268 g/mol. The van der Waals surface area contributed by atoms with E-state index >= 15 is 0 Å². The highest BCUT2D eigenvalue weighted by atomic mass is 16.2. The number of rotatable bonds is 4. The number of urea groups is 1. The second-order valence-electron chi connectivity index (χ2n) is 5.89. The number of piperazine rings is 1. The summed E-state index contributed by atoms with van der Waals surface area (Å²) in [6.07, 6.45) is 1.75. The van der Waals surface area contributed by atoms with Gasteiger partial charge in [-0.15, -0.1) is 0 Å². The molecule has 2 heterocycles. The first kappa shape index (κ1) is 16.1. The highest BCUT2D eigenvalue weighted by Crippen LogP contribution is 2.15. The van der Waals surface area contributed by atoms with Gasteiger partial charge in [0.1, 0.15) is 0 Å². The Hall–Kier alpha value is -1.30. The minimum absolute atomic E-state index is 0.104. The first-order chi connectivity index (χ1) is 10.2. The molecule has 0 bridgehead atoms. The van der Waals surface area contributed by atoms with E-state index in [4.69, 9.17) is 0 Å². The molecule has 1 unspecified atom stereocenters. The van der Waals surface area contributed by atoms with Crippen LogP contribution in [0.4, 0.5) is 4.79 Å². The fourth-order valence-corrected chi connectivity index (χ4v) is 3.11. The summed E-state index contributed by atoms with van der Waals surface area (Å²) in [5.74, 6) is 0.742. The van der Waals surface area contributed by atoms with Crippen molar-refractivity contribution < 1.29 is 9.59 Å². The van der Waals surface area contributed by atoms with Crippen LogP contribution in [0.2, 0.25) is 0 Å². The standard InChI is InChI=1S/C15H28N4O2/c1-3-17(4-2)15(21)19-9-7-18(8-10-19)14(20)11-13-5-6-16-12-13/h13,16H,3-12H2,1-2H3. The summed E-state index contributed by atoms with van der Waals surface area (Å²) in [5, 5.41) is 3.30. The summed E-state index contributed by atoms with van der Waals surface area (Å²) in [6, 6.07) is 0.104. The zero-order chi connectivity index (χ0) is 15.2. The zero-order valence-electron chi connectivity index (χ0n) is 13.3. The number of amides is 3. The van der Waals surface area contributed by atoms with Crippen molar-refractivity contribution in [2.24, 2.45) is 5.92 Å². The smallest absolute Gasteiger partial charge is 0.320 e. The molecule has 1 atom stereocenters. The molecule has 2 aliphatic rings. The molecular formula is C15H28N4O2.